The minimum absolute atomic E-state index is 0.00860. The van der Waals surface area contributed by atoms with Crippen LogP contribution in [0, 0.1) is 5.41 Å². The van der Waals surface area contributed by atoms with Crippen molar-refractivity contribution in [3.8, 4) is 0 Å². The number of carbonyl (C=O) groups is 2. The molecule has 0 radical (unpaired) electrons. The molecular weight excluding hydrogens is 278 g/mol. The zero-order chi connectivity index (χ0) is 17.0. The number of ketones is 1. The van der Waals surface area contributed by atoms with Crippen molar-refractivity contribution in [3.63, 3.8) is 0 Å². The van der Waals surface area contributed by atoms with Crippen molar-refractivity contribution in [3.05, 3.63) is 35.9 Å². The standard InChI is InChI=1S/C18H27NO3/c1-17(2,3)15(20)13-19(16(21)22-18(4,5)6)12-14-10-8-7-9-11-14/h7-11H,12-13H2,1-6H3. The number of nitrogens with zero attached hydrogens (tertiary/aromatic N) is 1. The molecule has 0 heterocycles. The second kappa shape index (κ2) is 6.95. The molecule has 0 saturated carbocycles. The van der Waals surface area contributed by atoms with E-state index in [1.807, 2.05) is 71.9 Å². The van der Waals surface area contributed by atoms with Crippen molar-refractivity contribution in [2.24, 2.45) is 5.41 Å². The first kappa shape index (κ1) is 18.2. The predicted molar refractivity (Wildman–Crippen MR) is 87.5 cm³/mol. The molecule has 1 aromatic carbocycles. The summed E-state index contributed by atoms with van der Waals surface area (Å²) in [4.78, 5) is 26.1. The fraction of sp³-hybridized carbons (Fsp3) is 0.556. The van der Waals surface area contributed by atoms with Crippen LogP contribution in [0.5, 0.6) is 0 Å². The molecular formula is C18H27NO3. The van der Waals surface area contributed by atoms with Crippen molar-refractivity contribution in [2.75, 3.05) is 6.54 Å². The van der Waals surface area contributed by atoms with Gasteiger partial charge in [-0.25, -0.2) is 4.79 Å². The van der Waals surface area contributed by atoms with Gasteiger partial charge >= 0.3 is 6.09 Å². The molecule has 122 valence electrons. The molecule has 0 spiro atoms. The van der Waals surface area contributed by atoms with Gasteiger partial charge in [0.2, 0.25) is 0 Å². The van der Waals surface area contributed by atoms with Crippen molar-refractivity contribution >= 4 is 11.9 Å². The fourth-order valence-electron chi connectivity index (χ4n) is 1.73. The smallest absolute Gasteiger partial charge is 0.410 e. The summed E-state index contributed by atoms with van der Waals surface area (Å²) >= 11 is 0. The summed E-state index contributed by atoms with van der Waals surface area (Å²) in [7, 11) is 0. The fourth-order valence-corrected chi connectivity index (χ4v) is 1.73. The Kier molecular flexibility index (Phi) is 5.75. The van der Waals surface area contributed by atoms with Crippen LogP contribution in [0.1, 0.15) is 47.1 Å². The molecule has 1 aromatic rings. The Labute approximate surface area is 133 Å². The molecule has 22 heavy (non-hydrogen) atoms. The average molecular weight is 305 g/mol. The van der Waals surface area contributed by atoms with E-state index in [0.29, 0.717) is 6.54 Å². The van der Waals surface area contributed by atoms with Crippen LogP contribution >= 0.6 is 0 Å². The van der Waals surface area contributed by atoms with Crippen LogP contribution in [0.4, 0.5) is 4.79 Å². The van der Waals surface area contributed by atoms with Gasteiger partial charge in [0.05, 0.1) is 6.54 Å². The monoisotopic (exact) mass is 305 g/mol. The third-order valence-electron chi connectivity index (χ3n) is 3.04. The second-order valence-electron chi connectivity index (χ2n) is 7.50. The highest BCUT2D eigenvalue weighted by molar-refractivity contribution is 5.88. The van der Waals surface area contributed by atoms with E-state index in [2.05, 4.69) is 0 Å². The van der Waals surface area contributed by atoms with Gasteiger partial charge in [-0.1, -0.05) is 51.1 Å². The van der Waals surface area contributed by atoms with Crippen molar-refractivity contribution in [2.45, 2.75) is 53.7 Å². The minimum Gasteiger partial charge on any atom is -0.444 e. The minimum atomic E-state index is -0.587. The summed E-state index contributed by atoms with van der Waals surface area (Å²) < 4.78 is 5.42. The maximum Gasteiger partial charge on any atom is 0.410 e. The predicted octanol–water partition coefficient (Wildman–Crippen LogP) is 4.04. The van der Waals surface area contributed by atoms with Crippen molar-refractivity contribution in [1.29, 1.82) is 0 Å². The van der Waals surface area contributed by atoms with Gasteiger partial charge in [0.15, 0.2) is 5.78 Å². The van der Waals surface area contributed by atoms with Crippen molar-refractivity contribution in [1.82, 2.24) is 4.90 Å². The summed E-state index contributed by atoms with van der Waals surface area (Å²) in [5.41, 5.74) is -0.108. The first-order chi connectivity index (χ1) is 9.99. The van der Waals surface area contributed by atoms with Crippen LogP contribution in [0.3, 0.4) is 0 Å². The number of benzene rings is 1. The van der Waals surface area contributed by atoms with Gasteiger partial charge in [0, 0.05) is 12.0 Å². The maximum atomic E-state index is 12.4. The SMILES string of the molecule is CC(C)(C)OC(=O)N(CC(=O)C(C)(C)C)Cc1ccccc1. The van der Waals surface area contributed by atoms with Crippen LogP contribution in [-0.4, -0.2) is 28.9 Å². The summed E-state index contributed by atoms with van der Waals surface area (Å²) in [6, 6.07) is 9.60. The Morgan fingerprint density at radius 3 is 2.00 bits per heavy atom. The number of amides is 1. The quantitative estimate of drug-likeness (QED) is 0.843. The number of Topliss-reactive ketones (excluding diaryl/α,β-unsaturated/α-hetero) is 1. The van der Waals surface area contributed by atoms with E-state index in [1.165, 1.54) is 4.90 Å². The maximum absolute atomic E-state index is 12.4. The normalized spacial score (nSPS) is 11.9. The van der Waals surface area contributed by atoms with Crippen LogP contribution in [-0.2, 0) is 16.1 Å². The molecule has 0 fully saturated rings. The molecule has 0 aliphatic heterocycles. The number of hydrogen-bond donors (Lipinski definition) is 0. The highest BCUT2D eigenvalue weighted by Gasteiger charge is 2.28. The third kappa shape index (κ3) is 6.29. The Hall–Kier alpha value is -1.84. The molecule has 4 nitrogen and oxygen atoms in total. The molecule has 1 rings (SSSR count). The largest absolute Gasteiger partial charge is 0.444 e. The Bertz CT molecular complexity index is 509. The zero-order valence-corrected chi connectivity index (χ0v) is 14.5. The van der Waals surface area contributed by atoms with Gasteiger partial charge in [-0.15, -0.1) is 0 Å². The lowest BCUT2D eigenvalue weighted by Crippen LogP contribution is -2.42. The molecule has 0 saturated heterocycles. The van der Waals surface area contributed by atoms with Gasteiger partial charge in [0.1, 0.15) is 5.60 Å². The molecule has 1 amide bonds. The van der Waals surface area contributed by atoms with Crippen LogP contribution in [0.2, 0.25) is 0 Å². The topological polar surface area (TPSA) is 46.6 Å². The van der Waals surface area contributed by atoms with E-state index in [9.17, 15) is 9.59 Å². The van der Waals surface area contributed by atoms with Crippen LogP contribution in [0.15, 0.2) is 30.3 Å². The lowest BCUT2D eigenvalue weighted by molar-refractivity contribution is -0.127. The third-order valence-corrected chi connectivity index (χ3v) is 3.04. The summed E-state index contributed by atoms with van der Waals surface area (Å²) in [6.07, 6.45) is -0.464. The van der Waals surface area contributed by atoms with Crippen LogP contribution in [0.25, 0.3) is 0 Å². The molecule has 0 aromatic heterocycles. The van der Waals surface area contributed by atoms with Crippen LogP contribution < -0.4 is 0 Å². The summed E-state index contributed by atoms with van der Waals surface area (Å²) in [5, 5.41) is 0. The first-order valence-corrected chi connectivity index (χ1v) is 7.54. The van der Waals surface area contributed by atoms with Gasteiger partial charge in [-0.2, -0.15) is 0 Å². The highest BCUT2D eigenvalue weighted by atomic mass is 16.6. The number of hydrogen-bond acceptors (Lipinski definition) is 3. The van der Waals surface area contributed by atoms with E-state index < -0.39 is 17.1 Å². The van der Waals surface area contributed by atoms with Gasteiger partial charge < -0.3 is 4.74 Å². The molecule has 4 heteroatoms. The van der Waals surface area contributed by atoms with Crippen molar-refractivity contribution < 1.29 is 14.3 Å². The second-order valence-corrected chi connectivity index (χ2v) is 7.50. The van der Waals surface area contributed by atoms with E-state index in [4.69, 9.17) is 4.74 Å². The summed E-state index contributed by atoms with van der Waals surface area (Å²) in [6.45, 7) is 11.4. The molecule has 0 atom stereocenters. The number of ether oxygens (including phenoxy) is 1. The molecule has 0 aliphatic carbocycles. The number of carbonyl (C=O) groups excluding carboxylic acids is 2. The lowest BCUT2D eigenvalue weighted by Gasteiger charge is -2.29. The highest BCUT2D eigenvalue weighted by Crippen LogP contribution is 2.18. The van der Waals surface area contributed by atoms with E-state index in [0.717, 1.165) is 5.56 Å². The van der Waals surface area contributed by atoms with Gasteiger partial charge in [0.25, 0.3) is 0 Å². The van der Waals surface area contributed by atoms with E-state index in [1.54, 1.807) is 0 Å². The Balaban J connectivity index is 2.90. The zero-order valence-electron chi connectivity index (χ0n) is 14.5. The molecule has 0 N–H and O–H groups in total. The summed E-state index contributed by atoms with van der Waals surface area (Å²) in [5.74, 6) is 0.00860. The lowest BCUT2D eigenvalue weighted by atomic mass is 9.90. The Morgan fingerprint density at radius 1 is 1.00 bits per heavy atom. The number of rotatable bonds is 4. The molecule has 0 bridgehead atoms. The molecule has 0 aliphatic rings. The van der Waals surface area contributed by atoms with E-state index in [-0.39, 0.29) is 12.3 Å². The van der Waals surface area contributed by atoms with Gasteiger partial charge in [-0.05, 0) is 26.3 Å². The van der Waals surface area contributed by atoms with Gasteiger partial charge in [-0.3, -0.25) is 9.69 Å². The Morgan fingerprint density at radius 2 is 1.55 bits per heavy atom. The molecule has 0 unspecified atom stereocenters. The van der Waals surface area contributed by atoms with E-state index >= 15 is 0 Å². The first-order valence-electron chi connectivity index (χ1n) is 7.54. The average Bonchev–Trinajstić information content (AvgIpc) is 2.36.